The molecule has 1 aliphatic carbocycles. The van der Waals surface area contributed by atoms with Gasteiger partial charge >= 0.3 is 0 Å². The van der Waals surface area contributed by atoms with E-state index in [4.69, 9.17) is 5.73 Å². The van der Waals surface area contributed by atoms with Crippen LogP contribution >= 0.6 is 0 Å². The molecule has 1 aromatic heterocycles. The molecule has 1 heterocycles. The number of aryl methyl sites for hydroxylation is 1. The van der Waals surface area contributed by atoms with E-state index in [1.807, 2.05) is 6.92 Å². The average Bonchev–Trinajstić information content (AvgIpc) is 2.11. The molecule has 3 nitrogen and oxygen atoms in total. The van der Waals surface area contributed by atoms with Gasteiger partial charge in [-0.3, -0.25) is 4.79 Å². The molecular weight excluding hydrogens is 188 g/mol. The molecule has 0 atom stereocenters. The van der Waals surface area contributed by atoms with Crippen molar-refractivity contribution in [3.05, 3.63) is 28.2 Å². The fraction of sp³-hybridized carbons (Fsp3) is 0.583. The summed E-state index contributed by atoms with van der Waals surface area (Å²) in [6.07, 6.45) is 5.49. The van der Waals surface area contributed by atoms with Crippen LogP contribution in [0.1, 0.15) is 31.7 Å². The van der Waals surface area contributed by atoms with Crippen molar-refractivity contribution < 1.29 is 0 Å². The minimum Gasteiger partial charge on any atom is -0.397 e. The van der Waals surface area contributed by atoms with Crippen LogP contribution in [0.15, 0.2) is 17.1 Å². The van der Waals surface area contributed by atoms with Gasteiger partial charge in [-0.1, -0.05) is 13.3 Å². The van der Waals surface area contributed by atoms with E-state index in [0.717, 1.165) is 12.1 Å². The number of nitrogens with zero attached hydrogens (tertiary/aromatic N) is 1. The quantitative estimate of drug-likeness (QED) is 0.803. The van der Waals surface area contributed by atoms with E-state index in [1.54, 1.807) is 16.8 Å². The number of aromatic nitrogens is 1. The molecule has 0 spiro atoms. The Bertz CT molecular complexity index is 430. The molecule has 0 aliphatic heterocycles. The fourth-order valence-corrected chi connectivity index (χ4v) is 2.16. The Morgan fingerprint density at radius 1 is 1.53 bits per heavy atom. The first-order chi connectivity index (χ1) is 7.00. The molecule has 0 bridgehead atoms. The van der Waals surface area contributed by atoms with E-state index in [2.05, 4.69) is 6.92 Å². The zero-order chi connectivity index (χ0) is 11.1. The van der Waals surface area contributed by atoms with E-state index in [0.29, 0.717) is 11.1 Å². The standard InChI is InChI=1S/C12H18N2O/c1-9-6-11(15)14(7-10(9)13)8-12(2)4-3-5-12/h6-7H,3-5,8,13H2,1-2H3. The first-order valence-corrected chi connectivity index (χ1v) is 5.47. The second kappa shape index (κ2) is 3.40. The fourth-order valence-electron chi connectivity index (χ4n) is 2.16. The molecule has 0 amide bonds. The van der Waals surface area contributed by atoms with Gasteiger partial charge in [-0.2, -0.15) is 0 Å². The lowest BCUT2D eigenvalue weighted by Crippen LogP contribution is -2.35. The van der Waals surface area contributed by atoms with Crippen molar-refractivity contribution in [1.29, 1.82) is 0 Å². The Morgan fingerprint density at radius 2 is 2.20 bits per heavy atom. The van der Waals surface area contributed by atoms with E-state index in [1.165, 1.54) is 19.3 Å². The third-order valence-corrected chi connectivity index (χ3v) is 3.49. The molecule has 0 saturated heterocycles. The van der Waals surface area contributed by atoms with Crippen molar-refractivity contribution in [2.24, 2.45) is 5.41 Å². The summed E-state index contributed by atoms with van der Waals surface area (Å²) in [4.78, 5) is 11.7. The van der Waals surface area contributed by atoms with Crippen molar-refractivity contribution >= 4 is 5.69 Å². The molecule has 1 fully saturated rings. The van der Waals surface area contributed by atoms with Crippen molar-refractivity contribution in [3.63, 3.8) is 0 Å². The monoisotopic (exact) mass is 206 g/mol. The molecule has 2 rings (SSSR count). The average molecular weight is 206 g/mol. The van der Waals surface area contributed by atoms with Gasteiger partial charge in [0.1, 0.15) is 0 Å². The van der Waals surface area contributed by atoms with Gasteiger partial charge in [-0.05, 0) is 30.7 Å². The zero-order valence-corrected chi connectivity index (χ0v) is 9.42. The lowest BCUT2D eigenvalue weighted by atomic mass is 9.70. The number of nitrogens with two attached hydrogens (primary N) is 1. The summed E-state index contributed by atoms with van der Waals surface area (Å²) in [7, 11) is 0. The Balaban J connectivity index is 2.28. The number of hydrogen-bond acceptors (Lipinski definition) is 2. The Kier molecular flexibility index (Phi) is 2.33. The van der Waals surface area contributed by atoms with Crippen LogP contribution in [0.2, 0.25) is 0 Å². The van der Waals surface area contributed by atoms with Gasteiger partial charge in [0, 0.05) is 18.8 Å². The summed E-state index contributed by atoms with van der Waals surface area (Å²) in [5, 5.41) is 0. The summed E-state index contributed by atoms with van der Waals surface area (Å²) >= 11 is 0. The number of rotatable bonds is 2. The van der Waals surface area contributed by atoms with Crippen LogP contribution in [0, 0.1) is 12.3 Å². The Morgan fingerprint density at radius 3 is 2.73 bits per heavy atom. The summed E-state index contributed by atoms with van der Waals surface area (Å²) in [5.74, 6) is 0. The first kappa shape index (κ1) is 10.3. The van der Waals surface area contributed by atoms with Crippen molar-refractivity contribution in [2.45, 2.75) is 39.7 Å². The van der Waals surface area contributed by atoms with Crippen LogP contribution in [0.5, 0.6) is 0 Å². The number of hydrogen-bond donors (Lipinski definition) is 1. The lowest BCUT2D eigenvalue weighted by Gasteiger charge is -2.38. The van der Waals surface area contributed by atoms with Crippen LogP contribution in [0.25, 0.3) is 0 Å². The van der Waals surface area contributed by atoms with Crippen LogP contribution < -0.4 is 11.3 Å². The van der Waals surface area contributed by atoms with Gasteiger partial charge < -0.3 is 10.3 Å². The third-order valence-electron chi connectivity index (χ3n) is 3.49. The molecule has 1 aromatic rings. The highest BCUT2D eigenvalue weighted by atomic mass is 16.1. The summed E-state index contributed by atoms with van der Waals surface area (Å²) in [6.45, 7) is 4.90. The minimum atomic E-state index is 0.0647. The molecule has 3 heteroatoms. The van der Waals surface area contributed by atoms with Crippen LogP contribution in [-0.2, 0) is 6.54 Å². The Hall–Kier alpha value is -1.25. The van der Waals surface area contributed by atoms with Crippen LogP contribution in [0.3, 0.4) is 0 Å². The van der Waals surface area contributed by atoms with Gasteiger partial charge in [-0.15, -0.1) is 0 Å². The van der Waals surface area contributed by atoms with Crippen LogP contribution in [-0.4, -0.2) is 4.57 Å². The van der Waals surface area contributed by atoms with Gasteiger partial charge in [0.25, 0.3) is 5.56 Å². The number of nitrogen functional groups attached to an aromatic ring is 1. The molecule has 2 N–H and O–H groups in total. The second-order valence-electron chi connectivity index (χ2n) is 5.04. The maximum absolute atomic E-state index is 11.7. The topological polar surface area (TPSA) is 48.0 Å². The van der Waals surface area contributed by atoms with Gasteiger partial charge in [0.05, 0.1) is 5.69 Å². The lowest BCUT2D eigenvalue weighted by molar-refractivity contribution is 0.130. The number of anilines is 1. The van der Waals surface area contributed by atoms with Crippen molar-refractivity contribution in [2.75, 3.05) is 5.73 Å². The summed E-state index contributed by atoms with van der Waals surface area (Å²) in [5.41, 5.74) is 7.76. The molecule has 0 aromatic carbocycles. The molecule has 1 aliphatic rings. The minimum absolute atomic E-state index is 0.0647. The van der Waals surface area contributed by atoms with Crippen molar-refractivity contribution in [3.8, 4) is 0 Å². The Labute approximate surface area is 89.9 Å². The second-order valence-corrected chi connectivity index (χ2v) is 5.04. The summed E-state index contributed by atoms with van der Waals surface area (Å²) in [6, 6.07) is 1.62. The first-order valence-electron chi connectivity index (χ1n) is 5.47. The SMILES string of the molecule is Cc1cc(=O)n(CC2(C)CCC2)cc1N. The number of pyridine rings is 1. The highest BCUT2D eigenvalue weighted by Gasteiger charge is 2.32. The highest BCUT2D eigenvalue weighted by molar-refractivity contribution is 5.42. The molecule has 1 saturated carbocycles. The maximum Gasteiger partial charge on any atom is 0.250 e. The normalized spacial score (nSPS) is 18.5. The van der Waals surface area contributed by atoms with E-state index >= 15 is 0 Å². The predicted molar refractivity (Wildman–Crippen MR) is 61.8 cm³/mol. The molecule has 0 unspecified atom stereocenters. The molecule has 82 valence electrons. The van der Waals surface area contributed by atoms with Gasteiger partial charge in [0.2, 0.25) is 0 Å². The van der Waals surface area contributed by atoms with Crippen LogP contribution in [0.4, 0.5) is 5.69 Å². The van der Waals surface area contributed by atoms with E-state index in [9.17, 15) is 4.79 Å². The smallest absolute Gasteiger partial charge is 0.250 e. The van der Waals surface area contributed by atoms with E-state index in [-0.39, 0.29) is 5.56 Å². The highest BCUT2D eigenvalue weighted by Crippen LogP contribution is 2.41. The predicted octanol–water partition coefficient (Wildman–Crippen LogP) is 1.93. The zero-order valence-electron chi connectivity index (χ0n) is 9.42. The third kappa shape index (κ3) is 1.91. The van der Waals surface area contributed by atoms with Gasteiger partial charge in [0.15, 0.2) is 0 Å². The largest absolute Gasteiger partial charge is 0.397 e. The molecular formula is C12H18N2O. The molecule has 15 heavy (non-hydrogen) atoms. The molecule has 0 radical (unpaired) electrons. The van der Waals surface area contributed by atoms with Crippen molar-refractivity contribution in [1.82, 2.24) is 4.57 Å². The summed E-state index contributed by atoms with van der Waals surface area (Å²) < 4.78 is 1.75. The van der Waals surface area contributed by atoms with Gasteiger partial charge in [-0.25, -0.2) is 0 Å². The maximum atomic E-state index is 11.7. The van der Waals surface area contributed by atoms with E-state index < -0.39 is 0 Å².